The van der Waals surface area contributed by atoms with Crippen molar-refractivity contribution in [1.29, 1.82) is 0 Å². The van der Waals surface area contributed by atoms with E-state index in [2.05, 4.69) is 4.99 Å². The first-order valence-electron chi connectivity index (χ1n) is 5.76. The van der Waals surface area contributed by atoms with E-state index in [0.717, 1.165) is 0 Å². The summed E-state index contributed by atoms with van der Waals surface area (Å²) in [7, 11) is 0. The van der Waals surface area contributed by atoms with Gasteiger partial charge in [0.1, 0.15) is 0 Å². The van der Waals surface area contributed by atoms with Crippen molar-refractivity contribution in [2.45, 2.75) is 38.4 Å². The molecule has 1 atom stereocenters. The van der Waals surface area contributed by atoms with Crippen LogP contribution in [0.3, 0.4) is 0 Å². The topological polar surface area (TPSA) is 12.4 Å². The molecule has 0 radical (unpaired) electrons. The second-order valence-electron chi connectivity index (χ2n) is 4.09. The molecule has 0 aliphatic rings. The van der Waals surface area contributed by atoms with E-state index >= 15 is 0 Å². The van der Waals surface area contributed by atoms with Gasteiger partial charge in [-0.15, -0.1) is 0 Å². The molecule has 0 saturated carbocycles. The Morgan fingerprint density at radius 3 is 2.05 bits per heavy atom. The molecule has 106 valence electrons. The van der Waals surface area contributed by atoms with Crippen LogP contribution in [-0.2, 0) is 0 Å². The second kappa shape index (κ2) is 5.67. The highest BCUT2D eigenvalue weighted by Crippen LogP contribution is 2.38. The number of hydrogen-bond acceptors (Lipinski definition) is 1. The molecule has 0 spiro atoms. The van der Waals surface area contributed by atoms with Crippen LogP contribution in [0.1, 0.15) is 31.9 Å². The molecule has 1 rings (SSSR count). The van der Waals surface area contributed by atoms with Crippen LogP contribution >= 0.6 is 0 Å². The maximum Gasteiger partial charge on any atom is 0.459 e. The van der Waals surface area contributed by atoms with Crippen molar-refractivity contribution in [3.8, 4) is 0 Å². The van der Waals surface area contributed by atoms with Gasteiger partial charge in [0.15, 0.2) is 0 Å². The normalized spacial score (nSPS) is 15.4. The van der Waals surface area contributed by atoms with Crippen LogP contribution in [0.2, 0.25) is 0 Å². The van der Waals surface area contributed by atoms with Gasteiger partial charge in [0.05, 0.1) is 11.8 Å². The average molecular weight is 279 g/mol. The van der Waals surface area contributed by atoms with Crippen molar-refractivity contribution in [3.05, 3.63) is 35.9 Å². The predicted octanol–water partition coefficient (Wildman–Crippen LogP) is 4.80. The summed E-state index contributed by atoms with van der Waals surface area (Å²) in [6.07, 6.45) is -6.07. The molecule has 0 saturated heterocycles. The van der Waals surface area contributed by atoms with Gasteiger partial charge in [-0.3, -0.25) is 4.99 Å². The van der Waals surface area contributed by atoms with Gasteiger partial charge < -0.3 is 0 Å². The summed E-state index contributed by atoms with van der Waals surface area (Å²) < 4.78 is 63.3. The highest BCUT2D eigenvalue weighted by molar-refractivity contribution is 5.91. The smallest absolute Gasteiger partial charge is 0.280 e. The molecule has 0 aliphatic carbocycles. The standard InChI is InChI=1S/C13H14F5N/c1-3-11(12(14,15)13(16,17)18)19-9(2)10-7-5-4-6-8-10/h4-9H,3H2,1-2H3/b19-11+/t9-/m0/s1. The zero-order chi connectivity index (χ0) is 14.7. The van der Waals surface area contributed by atoms with Gasteiger partial charge in [-0.1, -0.05) is 37.3 Å². The number of halogens is 5. The third kappa shape index (κ3) is 3.52. The molecule has 1 nitrogen and oxygen atoms in total. The molecule has 0 bridgehead atoms. The molecule has 0 fully saturated rings. The fourth-order valence-corrected chi connectivity index (χ4v) is 1.60. The summed E-state index contributed by atoms with van der Waals surface area (Å²) in [6, 6.07) is 7.60. The molecule has 0 aromatic heterocycles. The van der Waals surface area contributed by atoms with Crippen LogP contribution in [-0.4, -0.2) is 17.8 Å². The highest BCUT2D eigenvalue weighted by atomic mass is 19.4. The molecule has 0 unspecified atom stereocenters. The summed E-state index contributed by atoms with van der Waals surface area (Å²) in [5.74, 6) is -4.88. The van der Waals surface area contributed by atoms with E-state index < -0.39 is 30.3 Å². The maximum absolute atomic E-state index is 13.2. The Labute approximate surface area is 108 Å². The molecule has 19 heavy (non-hydrogen) atoms. The van der Waals surface area contributed by atoms with Gasteiger partial charge in [-0.2, -0.15) is 22.0 Å². The van der Waals surface area contributed by atoms with Crippen molar-refractivity contribution in [1.82, 2.24) is 0 Å². The minimum absolute atomic E-state index is 0.455. The molecular formula is C13H14F5N. The number of aliphatic imine (C=N–C) groups is 1. The third-order valence-electron chi connectivity index (χ3n) is 2.68. The Bertz CT molecular complexity index is 436. The summed E-state index contributed by atoms with van der Waals surface area (Å²) in [5.41, 5.74) is -0.553. The fraction of sp³-hybridized carbons (Fsp3) is 0.462. The first-order valence-corrected chi connectivity index (χ1v) is 5.76. The van der Waals surface area contributed by atoms with E-state index in [1.54, 1.807) is 30.3 Å². The summed E-state index contributed by atoms with van der Waals surface area (Å²) in [6.45, 7) is 2.72. The molecule has 0 amide bonds. The van der Waals surface area contributed by atoms with E-state index in [0.29, 0.717) is 5.56 Å². The molecule has 0 heterocycles. The van der Waals surface area contributed by atoms with Crippen LogP contribution < -0.4 is 0 Å². The zero-order valence-electron chi connectivity index (χ0n) is 10.5. The van der Waals surface area contributed by atoms with Gasteiger partial charge in [-0.05, 0) is 18.9 Å². The Balaban J connectivity index is 3.07. The zero-order valence-corrected chi connectivity index (χ0v) is 10.5. The summed E-state index contributed by atoms with van der Waals surface area (Å²) >= 11 is 0. The Hall–Kier alpha value is -1.46. The van der Waals surface area contributed by atoms with Crippen LogP contribution in [0.4, 0.5) is 22.0 Å². The minimum Gasteiger partial charge on any atom is -0.280 e. The van der Waals surface area contributed by atoms with Gasteiger partial charge >= 0.3 is 12.1 Å². The van der Waals surface area contributed by atoms with Gasteiger partial charge in [-0.25, -0.2) is 0 Å². The lowest BCUT2D eigenvalue weighted by atomic mass is 10.1. The van der Waals surface area contributed by atoms with E-state index in [-0.39, 0.29) is 0 Å². The summed E-state index contributed by atoms with van der Waals surface area (Å²) in [5, 5.41) is 0. The summed E-state index contributed by atoms with van der Waals surface area (Å²) in [4.78, 5) is 3.55. The largest absolute Gasteiger partial charge is 0.459 e. The minimum atomic E-state index is -5.61. The predicted molar refractivity (Wildman–Crippen MR) is 63.6 cm³/mol. The molecule has 1 aromatic rings. The number of nitrogens with zero attached hydrogens (tertiary/aromatic N) is 1. The number of benzene rings is 1. The van der Waals surface area contributed by atoms with E-state index in [4.69, 9.17) is 0 Å². The Morgan fingerprint density at radius 2 is 1.63 bits per heavy atom. The van der Waals surface area contributed by atoms with Crippen molar-refractivity contribution < 1.29 is 22.0 Å². The number of hydrogen-bond donors (Lipinski definition) is 0. The first-order chi connectivity index (χ1) is 8.70. The average Bonchev–Trinajstić information content (AvgIpc) is 2.35. The lowest BCUT2D eigenvalue weighted by Gasteiger charge is -2.22. The molecule has 1 aromatic carbocycles. The van der Waals surface area contributed by atoms with Gasteiger partial charge in [0, 0.05) is 0 Å². The van der Waals surface area contributed by atoms with E-state index in [9.17, 15) is 22.0 Å². The molecule has 6 heteroatoms. The third-order valence-corrected chi connectivity index (χ3v) is 2.68. The van der Waals surface area contributed by atoms with Crippen molar-refractivity contribution >= 4 is 5.71 Å². The Kier molecular flexibility index (Phi) is 4.66. The van der Waals surface area contributed by atoms with Crippen LogP contribution in [0, 0.1) is 0 Å². The lowest BCUT2D eigenvalue weighted by Crippen LogP contribution is -2.44. The molecule has 0 aliphatic heterocycles. The van der Waals surface area contributed by atoms with Crippen molar-refractivity contribution in [2.24, 2.45) is 4.99 Å². The molecule has 0 N–H and O–H groups in total. The maximum atomic E-state index is 13.2. The number of alkyl halides is 5. The van der Waals surface area contributed by atoms with E-state index in [1.165, 1.54) is 13.8 Å². The highest BCUT2D eigenvalue weighted by Gasteiger charge is 2.60. The molecular weight excluding hydrogens is 265 g/mol. The van der Waals surface area contributed by atoms with Gasteiger partial charge in [0.25, 0.3) is 0 Å². The van der Waals surface area contributed by atoms with Crippen LogP contribution in [0.25, 0.3) is 0 Å². The van der Waals surface area contributed by atoms with Crippen molar-refractivity contribution in [3.63, 3.8) is 0 Å². The fourth-order valence-electron chi connectivity index (χ4n) is 1.60. The van der Waals surface area contributed by atoms with Crippen LogP contribution in [0.15, 0.2) is 35.3 Å². The number of rotatable bonds is 4. The Morgan fingerprint density at radius 1 is 1.11 bits per heavy atom. The van der Waals surface area contributed by atoms with Gasteiger partial charge in [0.2, 0.25) is 0 Å². The second-order valence-corrected chi connectivity index (χ2v) is 4.09. The lowest BCUT2D eigenvalue weighted by molar-refractivity contribution is -0.249. The monoisotopic (exact) mass is 279 g/mol. The SMILES string of the molecule is CC/C(=N\[C@@H](C)c1ccccc1)C(F)(F)C(F)(F)F. The van der Waals surface area contributed by atoms with Crippen molar-refractivity contribution in [2.75, 3.05) is 0 Å². The first kappa shape index (κ1) is 15.6. The van der Waals surface area contributed by atoms with E-state index in [1.807, 2.05) is 0 Å². The quantitative estimate of drug-likeness (QED) is 0.554. The van der Waals surface area contributed by atoms with Crippen LogP contribution in [0.5, 0.6) is 0 Å².